The second-order valence-electron chi connectivity index (χ2n) is 4.11. The summed E-state index contributed by atoms with van der Waals surface area (Å²) in [5.41, 5.74) is 2.02. The van der Waals surface area contributed by atoms with E-state index >= 15 is 0 Å². The minimum atomic E-state index is -0.142. The van der Waals surface area contributed by atoms with E-state index in [4.69, 9.17) is 0 Å². The second-order valence-corrected chi connectivity index (χ2v) is 5.20. The molecule has 3 rings (SSSR count). The van der Waals surface area contributed by atoms with Gasteiger partial charge in [0.2, 0.25) is 0 Å². The van der Waals surface area contributed by atoms with Crippen LogP contribution in [0.5, 0.6) is 5.75 Å². The van der Waals surface area contributed by atoms with Crippen LogP contribution in [0.1, 0.15) is 17.3 Å². The average Bonchev–Trinajstić information content (AvgIpc) is 2.36. The largest absolute Gasteiger partial charge is 0.507 e. The molecule has 2 N–H and O–H groups in total. The quantitative estimate of drug-likeness (QED) is 0.651. The van der Waals surface area contributed by atoms with E-state index in [0.717, 1.165) is 15.5 Å². The number of rotatable bonds is 1. The maximum atomic E-state index is 11.6. The van der Waals surface area contributed by atoms with Gasteiger partial charge < -0.3 is 10.4 Å². The van der Waals surface area contributed by atoms with Gasteiger partial charge in [-0.3, -0.25) is 4.79 Å². The Bertz CT molecular complexity index is 652. The maximum Gasteiger partial charge on any atom is 0.165 e. The third-order valence-corrected chi connectivity index (χ3v) is 4.00. The van der Waals surface area contributed by atoms with Gasteiger partial charge >= 0.3 is 0 Å². The molecule has 2 aromatic rings. The van der Waals surface area contributed by atoms with E-state index in [1.54, 1.807) is 17.8 Å². The van der Waals surface area contributed by atoms with Crippen molar-refractivity contribution in [3.05, 3.63) is 42.0 Å². The molecule has 0 fully saturated rings. The number of hydrogen-bond acceptors (Lipinski definition) is 4. The first kappa shape index (κ1) is 11.2. The van der Waals surface area contributed by atoms with Gasteiger partial charge in [0.05, 0.1) is 16.9 Å². The van der Waals surface area contributed by atoms with Crippen LogP contribution in [-0.2, 0) is 0 Å². The van der Waals surface area contributed by atoms with Crippen LogP contribution in [0.3, 0.4) is 0 Å². The lowest BCUT2D eigenvalue weighted by Crippen LogP contribution is -2.06. The highest BCUT2D eigenvalue weighted by Gasteiger charge is 2.22. The summed E-state index contributed by atoms with van der Waals surface area (Å²) in [7, 11) is 0. The number of para-hydroxylation sites is 1. The molecule has 3 nitrogen and oxygen atoms in total. The number of phenols is 1. The summed E-state index contributed by atoms with van der Waals surface area (Å²) in [6.07, 6.45) is 0. The van der Waals surface area contributed by atoms with Crippen LogP contribution in [0.15, 0.2) is 46.2 Å². The molecular formula is C14H11NO2S. The molecule has 0 aromatic heterocycles. The molecule has 1 aliphatic rings. The SMILES string of the molecule is CC(=O)c1c(O)ccc2c1Nc1ccccc1S2. The molecule has 0 aliphatic carbocycles. The number of hydrogen-bond donors (Lipinski definition) is 2. The van der Waals surface area contributed by atoms with Gasteiger partial charge in [-0.1, -0.05) is 23.9 Å². The van der Waals surface area contributed by atoms with Gasteiger partial charge in [0.1, 0.15) is 5.75 Å². The van der Waals surface area contributed by atoms with Gasteiger partial charge in [0, 0.05) is 9.79 Å². The third kappa shape index (κ3) is 1.66. The lowest BCUT2D eigenvalue weighted by molar-refractivity contribution is 0.101. The van der Waals surface area contributed by atoms with Crippen molar-refractivity contribution < 1.29 is 9.90 Å². The molecule has 0 amide bonds. The number of benzene rings is 2. The Labute approximate surface area is 109 Å². The van der Waals surface area contributed by atoms with Crippen molar-refractivity contribution in [2.75, 3.05) is 5.32 Å². The molecule has 0 atom stereocenters. The number of aromatic hydroxyl groups is 1. The standard InChI is InChI=1S/C14H11NO2S/c1-8(16)13-10(17)6-7-12-14(13)15-9-4-2-3-5-11(9)18-12/h2-7,15,17H,1H3. The van der Waals surface area contributed by atoms with Crippen LogP contribution < -0.4 is 5.32 Å². The first-order valence-electron chi connectivity index (χ1n) is 5.57. The molecule has 4 heteroatoms. The van der Waals surface area contributed by atoms with Gasteiger partial charge in [-0.25, -0.2) is 0 Å². The van der Waals surface area contributed by atoms with Crippen LogP contribution in [-0.4, -0.2) is 10.9 Å². The van der Waals surface area contributed by atoms with Crippen molar-refractivity contribution in [1.82, 2.24) is 0 Å². The van der Waals surface area contributed by atoms with E-state index in [1.165, 1.54) is 6.92 Å². The van der Waals surface area contributed by atoms with Crippen LogP contribution in [0.4, 0.5) is 11.4 Å². The molecule has 0 spiro atoms. The fourth-order valence-electron chi connectivity index (χ4n) is 2.05. The first-order valence-corrected chi connectivity index (χ1v) is 6.39. The van der Waals surface area contributed by atoms with Crippen molar-refractivity contribution >= 4 is 28.9 Å². The highest BCUT2D eigenvalue weighted by atomic mass is 32.2. The first-order chi connectivity index (χ1) is 8.66. The Morgan fingerprint density at radius 3 is 2.72 bits per heavy atom. The molecule has 1 heterocycles. The molecule has 0 bridgehead atoms. The molecule has 90 valence electrons. The lowest BCUT2D eigenvalue weighted by atomic mass is 10.1. The summed E-state index contributed by atoms with van der Waals surface area (Å²) in [6.45, 7) is 1.46. The Hall–Kier alpha value is -1.94. The Balaban J connectivity index is 2.19. The minimum Gasteiger partial charge on any atom is -0.507 e. The fraction of sp³-hybridized carbons (Fsp3) is 0.0714. The highest BCUT2D eigenvalue weighted by molar-refractivity contribution is 7.99. The lowest BCUT2D eigenvalue weighted by Gasteiger charge is -2.22. The zero-order chi connectivity index (χ0) is 12.7. The summed E-state index contributed by atoms with van der Waals surface area (Å²) in [5, 5.41) is 13.0. The van der Waals surface area contributed by atoms with Gasteiger partial charge in [0.15, 0.2) is 5.78 Å². The van der Waals surface area contributed by atoms with Crippen molar-refractivity contribution in [3.8, 4) is 5.75 Å². The Morgan fingerprint density at radius 1 is 1.17 bits per heavy atom. The van der Waals surface area contributed by atoms with Crippen molar-refractivity contribution in [1.29, 1.82) is 0 Å². The molecule has 18 heavy (non-hydrogen) atoms. The summed E-state index contributed by atoms with van der Waals surface area (Å²) in [5.74, 6) is -0.120. The molecule has 0 saturated heterocycles. The zero-order valence-electron chi connectivity index (χ0n) is 9.73. The highest BCUT2D eigenvalue weighted by Crippen LogP contribution is 2.47. The predicted octanol–water partition coefficient (Wildman–Crippen LogP) is 3.80. The second kappa shape index (κ2) is 4.07. The smallest absolute Gasteiger partial charge is 0.165 e. The van der Waals surface area contributed by atoms with Crippen LogP contribution in [0.25, 0.3) is 0 Å². The van der Waals surface area contributed by atoms with E-state index in [9.17, 15) is 9.90 Å². The monoisotopic (exact) mass is 257 g/mol. The summed E-state index contributed by atoms with van der Waals surface area (Å²) in [4.78, 5) is 13.7. The average molecular weight is 257 g/mol. The number of carbonyl (C=O) groups excluding carboxylic acids is 1. The minimum absolute atomic E-state index is 0.0220. The molecular weight excluding hydrogens is 246 g/mol. The van der Waals surface area contributed by atoms with Crippen LogP contribution in [0.2, 0.25) is 0 Å². The van der Waals surface area contributed by atoms with Crippen LogP contribution >= 0.6 is 11.8 Å². The van der Waals surface area contributed by atoms with Gasteiger partial charge in [-0.2, -0.15) is 0 Å². The number of nitrogens with one attached hydrogen (secondary N) is 1. The topological polar surface area (TPSA) is 49.3 Å². The van der Waals surface area contributed by atoms with Crippen molar-refractivity contribution in [3.63, 3.8) is 0 Å². The molecule has 0 radical (unpaired) electrons. The predicted molar refractivity (Wildman–Crippen MR) is 72.0 cm³/mol. The number of Topliss-reactive ketones (excluding diaryl/α,β-unsaturated/α-hetero) is 1. The number of fused-ring (bicyclic) bond motifs is 2. The fourth-order valence-corrected chi connectivity index (χ4v) is 3.05. The van der Waals surface area contributed by atoms with Crippen LogP contribution in [0, 0.1) is 0 Å². The number of anilines is 2. The van der Waals surface area contributed by atoms with E-state index in [0.29, 0.717) is 11.3 Å². The van der Waals surface area contributed by atoms with E-state index in [-0.39, 0.29) is 11.5 Å². The number of ketones is 1. The summed E-state index contributed by atoms with van der Waals surface area (Å²) >= 11 is 1.60. The Morgan fingerprint density at radius 2 is 1.94 bits per heavy atom. The zero-order valence-corrected chi connectivity index (χ0v) is 10.5. The summed E-state index contributed by atoms with van der Waals surface area (Å²) in [6, 6.07) is 11.3. The van der Waals surface area contributed by atoms with Crippen molar-refractivity contribution in [2.24, 2.45) is 0 Å². The normalized spacial score (nSPS) is 12.3. The van der Waals surface area contributed by atoms with Gasteiger partial charge in [-0.05, 0) is 31.2 Å². The van der Waals surface area contributed by atoms with Gasteiger partial charge in [-0.15, -0.1) is 0 Å². The Kier molecular flexibility index (Phi) is 2.52. The summed E-state index contributed by atoms with van der Waals surface area (Å²) < 4.78 is 0. The molecule has 2 aromatic carbocycles. The van der Waals surface area contributed by atoms with E-state index < -0.39 is 0 Å². The number of carbonyl (C=O) groups is 1. The van der Waals surface area contributed by atoms with Gasteiger partial charge in [0.25, 0.3) is 0 Å². The molecule has 0 saturated carbocycles. The van der Waals surface area contributed by atoms with E-state index in [2.05, 4.69) is 5.32 Å². The number of phenolic OH excluding ortho intramolecular Hbond substituents is 1. The van der Waals surface area contributed by atoms with Crippen molar-refractivity contribution in [2.45, 2.75) is 16.7 Å². The third-order valence-electron chi connectivity index (χ3n) is 2.86. The van der Waals surface area contributed by atoms with E-state index in [1.807, 2.05) is 30.3 Å². The molecule has 1 aliphatic heterocycles. The maximum absolute atomic E-state index is 11.6. The molecule has 0 unspecified atom stereocenters.